The number of hydrogen-bond acceptors (Lipinski definition) is 4. The van der Waals surface area contributed by atoms with Crippen molar-refractivity contribution >= 4 is 0 Å². The van der Waals surface area contributed by atoms with E-state index in [0.717, 1.165) is 39.3 Å². The maximum atomic E-state index is 9.51. The van der Waals surface area contributed by atoms with Gasteiger partial charge in [-0.1, -0.05) is 0 Å². The van der Waals surface area contributed by atoms with Crippen molar-refractivity contribution in [1.82, 2.24) is 4.90 Å². The second kappa shape index (κ2) is 5.92. The number of ether oxygens (including phenoxy) is 2. The number of rotatable bonds is 4. The van der Waals surface area contributed by atoms with Crippen LogP contribution in [0, 0.1) is 6.42 Å². The smallest absolute Gasteiger partial charge is 0.156 e. The highest BCUT2D eigenvalue weighted by Crippen LogP contribution is 2.16. The van der Waals surface area contributed by atoms with Gasteiger partial charge < -0.3 is 14.6 Å². The van der Waals surface area contributed by atoms with Crippen molar-refractivity contribution in [3.05, 3.63) is 30.1 Å². The fourth-order valence-electron chi connectivity index (χ4n) is 1.78. The molecule has 0 amide bonds. The van der Waals surface area contributed by atoms with E-state index in [2.05, 4.69) is 4.90 Å². The average molecular weight is 224 g/mol. The molecule has 4 nitrogen and oxygen atoms in total. The van der Waals surface area contributed by atoms with Gasteiger partial charge >= 0.3 is 0 Å². The van der Waals surface area contributed by atoms with Crippen molar-refractivity contribution in [2.75, 3.05) is 39.5 Å². The lowest BCUT2D eigenvalue weighted by molar-refractivity contribution is 0.0270. The molecule has 1 fully saturated rings. The first-order valence-corrected chi connectivity index (χ1v) is 5.72. The molecule has 16 heavy (non-hydrogen) atoms. The number of nitrogens with zero attached hydrogens (tertiary/aromatic N) is 1. The van der Waals surface area contributed by atoms with Gasteiger partial charge in [-0.3, -0.25) is 4.90 Å². The number of morpholine rings is 1. The Labute approximate surface area is 96.1 Å². The molecule has 1 aliphatic heterocycles. The maximum Gasteiger partial charge on any atom is 0.156 e. The Hall–Kier alpha value is -1.00. The van der Waals surface area contributed by atoms with E-state index in [1.165, 1.54) is 0 Å². The summed E-state index contributed by atoms with van der Waals surface area (Å²) in [7, 11) is 0. The lowest BCUT2D eigenvalue weighted by Crippen LogP contribution is -2.38. The summed E-state index contributed by atoms with van der Waals surface area (Å²) in [6.45, 7) is 5.06. The fourth-order valence-corrected chi connectivity index (χ4v) is 1.78. The summed E-state index contributed by atoms with van der Waals surface area (Å²) in [5, 5.41) is 9.51. The standard InChI is InChI=1S/C12H18NO3/c14-11-3-1-2-4-12(11)16-10-7-13-5-8-15-9-6-13/h1,3-4,14H,2,5-10H2. The second-order valence-electron chi connectivity index (χ2n) is 3.89. The first kappa shape index (κ1) is 11.5. The van der Waals surface area contributed by atoms with Crippen LogP contribution in [0.4, 0.5) is 0 Å². The molecular weight excluding hydrogens is 206 g/mol. The maximum absolute atomic E-state index is 9.51. The molecular formula is C12H18NO3. The first-order valence-electron chi connectivity index (χ1n) is 5.72. The van der Waals surface area contributed by atoms with Gasteiger partial charge in [-0.05, 0) is 25.0 Å². The normalized spacial score (nSPS) is 22.5. The predicted molar refractivity (Wildman–Crippen MR) is 60.9 cm³/mol. The Morgan fingerprint density at radius 2 is 2.19 bits per heavy atom. The van der Waals surface area contributed by atoms with E-state index in [1.807, 2.05) is 12.5 Å². The molecule has 1 aliphatic carbocycles. The van der Waals surface area contributed by atoms with Crippen molar-refractivity contribution in [3.63, 3.8) is 0 Å². The van der Waals surface area contributed by atoms with E-state index in [1.54, 1.807) is 6.08 Å². The SMILES string of the molecule is OC1=C[CH]CC=C1OCCN1CCOCC1. The van der Waals surface area contributed by atoms with Crippen LogP contribution in [0.3, 0.4) is 0 Å². The van der Waals surface area contributed by atoms with Crippen molar-refractivity contribution in [1.29, 1.82) is 0 Å². The minimum absolute atomic E-state index is 0.230. The van der Waals surface area contributed by atoms with E-state index >= 15 is 0 Å². The Balaban J connectivity index is 1.67. The summed E-state index contributed by atoms with van der Waals surface area (Å²) in [6, 6.07) is 0. The fraction of sp³-hybridized carbons (Fsp3) is 0.583. The van der Waals surface area contributed by atoms with Crippen LogP contribution in [0.2, 0.25) is 0 Å². The predicted octanol–water partition coefficient (Wildman–Crippen LogP) is 1.27. The van der Waals surface area contributed by atoms with Crippen LogP contribution >= 0.6 is 0 Å². The van der Waals surface area contributed by atoms with Crippen LogP contribution in [0.15, 0.2) is 23.7 Å². The summed E-state index contributed by atoms with van der Waals surface area (Å²) in [5.41, 5.74) is 0. The van der Waals surface area contributed by atoms with Crippen LogP contribution in [-0.4, -0.2) is 49.5 Å². The summed E-state index contributed by atoms with van der Waals surface area (Å²) < 4.78 is 10.8. The van der Waals surface area contributed by atoms with Gasteiger partial charge in [-0.25, -0.2) is 0 Å². The molecule has 89 valence electrons. The van der Waals surface area contributed by atoms with Gasteiger partial charge in [-0.15, -0.1) is 0 Å². The van der Waals surface area contributed by atoms with Crippen molar-refractivity contribution in [2.45, 2.75) is 6.42 Å². The lowest BCUT2D eigenvalue weighted by Gasteiger charge is -2.26. The van der Waals surface area contributed by atoms with Crippen molar-refractivity contribution in [3.8, 4) is 0 Å². The zero-order chi connectivity index (χ0) is 11.2. The Morgan fingerprint density at radius 1 is 1.38 bits per heavy atom. The minimum Gasteiger partial charge on any atom is -0.504 e. The van der Waals surface area contributed by atoms with Crippen LogP contribution in [0.5, 0.6) is 0 Å². The topological polar surface area (TPSA) is 41.9 Å². The molecule has 1 saturated heterocycles. The van der Waals surface area contributed by atoms with Crippen LogP contribution in [0.1, 0.15) is 6.42 Å². The Kier molecular flexibility index (Phi) is 4.25. The van der Waals surface area contributed by atoms with E-state index in [-0.39, 0.29) is 5.76 Å². The van der Waals surface area contributed by atoms with Crippen LogP contribution < -0.4 is 0 Å². The van der Waals surface area contributed by atoms with Crippen LogP contribution in [0.25, 0.3) is 0 Å². The summed E-state index contributed by atoms with van der Waals surface area (Å²) in [4.78, 5) is 2.31. The van der Waals surface area contributed by atoms with Gasteiger partial charge in [-0.2, -0.15) is 0 Å². The zero-order valence-electron chi connectivity index (χ0n) is 9.39. The Bertz CT molecular complexity index is 280. The van der Waals surface area contributed by atoms with Crippen LogP contribution in [-0.2, 0) is 9.47 Å². The molecule has 1 radical (unpaired) electrons. The molecule has 1 heterocycles. The number of hydrogen-bond donors (Lipinski definition) is 1. The summed E-state index contributed by atoms with van der Waals surface area (Å²) in [6.07, 6.45) is 6.32. The molecule has 0 spiro atoms. The highest BCUT2D eigenvalue weighted by molar-refractivity contribution is 5.27. The van der Waals surface area contributed by atoms with Crippen molar-refractivity contribution in [2.24, 2.45) is 0 Å². The second-order valence-corrected chi connectivity index (χ2v) is 3.89. The Morgan fingerprint density at radius 3 is 2.94 bits per heavy atom. The highest BCUT2D eigenvalue weighted by atomic mass is 16.5. The lowest BCUT2D eigenvalue weighted by atomic mass is 10.1. The molecule has 0 atom stereocenters. The quantitative estimate of drug-likeness (QED) is 0.781. The van der Waals surface area contributed by atoms with Gasteiger partial charge in [0.2, 0.25) is 0 Å². The zero-order valence-corrected chi connectivity index (χ0v) is 9.39. The number of aliphatic hydroxyl groups excluding tert-OH is 1. The molecule has 0 bridgehead atoms. The van der Waals surface area contributed by atoms with Crippen molar-refractivity contribution < 1.29 is 14.6 Å². The summed E-state index contributed by atoms with van der Waals surface area (Å²) >= 11 is 0. The van der Waals surface area contributed by atoms with E-state index in [9.17, 15) is 5.11 Å². The van der Waals surface area contributed by atoms with Gasteiger partial charge in [0.1, 0.15) is 6.61 Å². The molecule has 0 unspecified atom stereocenters. The molecule has 4 heteroatoms. The van der Waals surface area contributed by atoms with E-state index in [0.29, 0.717) is 12.4 Å². The number of allylic oxidation sites excluding steroid dienone is 2. The largest absolute Gasteiger partial charge is 0.504 e. The monoisotopic (exact) mass is 224 g/mol. The third kappa shape index (κ3) is 3.25. The first-order chi connectivity index (χ1) is 7.86. The third-order valence-corrected chi connectivity index (χ3v) is 2.74. The molecule has 0 aromatic rings. The molecule has 2 aliphatic rings. The van der Waals surface area contributed by atoms with Gasteiger partial charge in [0, 0.05) is 19.6 Å². The molecule has 0 aromatic heterocycles. The average Bonchev–Trinajstić information content (AvgIpc) is 2.33. The molecule has 0 aromatic carbocycles. The summed E-state index contributed by atoms with van der Waals surface area (Å²) in [5.74, 6) is 0.837. The van der Waals surface area contributed by atoms with Gasteiger partial charge in [0.05, 0.1) is 13.2 Å². The minimum atomic E-state index is 0.230. The van der Waals surface area contributed by atoms with E-state index in [4.69, 9.17) is 9.47 Å². The molecule has 2 rings (SSSR count). The highest BCUT2D eigenvalue weighted by Gasteiger charge is 2.12. The molecule has 0 saturated carbocycles. The van der Waals surface area contributed by atoms with E-state index < -0.39 is 0 Å². The van der Waals surface area contributed by atoms with Gasteiger partial charge in [0.25, 0.3) is 0 Å². The number of aliphatic hydroxyl groups is 1. The third-order valence-electron chi connectivity index (χ3n) is 2.74. The van der Waals surface area contributed by atoms with Gasteiger partial charge in [0.15, 0.2) is 11.5 Å². The molecule has 1 N–H and O–H groups in total.